The monoisotopic (exact) mass is 483 g/mol. The Kier molecular flexibility index (Phi) is 6.26. The lowest BCUT2D eigenvalue weighted by atomic mass is 10.0. The molecule has 178 valence electrons. The van der Waals surface area contributed by atoms with E-state index in [9.17, 15) is 19.2 Å². The van der Waals surface area contributed by atoms with Crippen molar-refractivity contribution in [2.45, 2.75) is 46.8 Å². The number of nitrogens with zero attached hydrogens (tertiary/aromatic N) is 2. The fraction of sp³-hybridized carbons (Fsp3) is 0.375. The number of aryl methyl sites for hydroxylation is 1. The number of Topliss-reactive ketones (excluding diaryl/α,β-unsaturated/α-hetero) is 1. The Bertz CT molecular complexity index is 1370. The largest absolute Gasteiger partial charge is 0.479 e. The van der Waals surface area contributed by atoms with Crippen molar-refractivity contribution in [3.05, 3.63) is 50.9 Å². The molecule has 3 aromatic rings. The van der Waals surface area contributed by atoms with E-state index in [4.69, 9.17) is 9.47 Å². The van der Waals surface area contributed by atoms with Crippen LogP contribution in [0.1, 0.15) is 59.3 Å². The van der Waals surface area contributed by atoms with E-state index in [0.29, 0.717) is 37.7 Å². The van der Waals surface area contributed by atoms with Gasteiger partial charge in [0.05, 0.1) is 30.0 Å². The van der Waals surface area contributed by atoms with Crippen molar-refractivity contribution in [3.63, 3.8) is 0 Å². The predicted molar refractivity (Wildman–Crippen MR) is 128 cm³/mol. The van der Waals surface area contributed by atoms with E-state index in [0.717, 1.165) is 11.3 Å². The molecule has 2 aromatic heterocycles. The Morgan fingerprint density at radius 1 is 1.26 bits per heavy atom. The van der Waals surface area contributed by atoms with Crippen LogP contribution in [0.3, 0.4) is 0 Å². The van der Waals surface area contributed by atoms with Gasteiger partial charge in [0.2, 0.25) is 0 Å². The van der Waals surface area contributed by atoms with Gasteiger partial charge in [0, 0.05) is 5.56 Å². The summed E-state index contributed by atoms with van der Waals surface area (Å²) >= 11 is 1.10. The summed E-state index contributed by atoms with van der Waals surface area (Å²) in [6.45, 7) is 9.07. The van der Waals surface area contributed by atoms with Crippen molar-refractivity contribution in [3.8, 4) is 5.75 Å². The summed E-state index contributed by atoms with van der Waals surface area (Å²) in [6.07, 6.45) is 0.697. The van der Waals surface area contributed by atoms with Gasteiger partial charge in [0.25, 0.3) is 11.5 Å². The van der Waals surface area contributed by atoms with Crippen LogP contribution in [0.2, 0.25) is 0 Å². The normalized spacial score (nSPS) is 16.1. The highest BCUT2D eigenvalue weighted by Gasteiger charge is 2.27. The second kappa shape index (κ2) is 9.02. The molecule has 1 aliphatic rings. The minimum absolute atomic E-state index is 0.188. The van der Waals surface area contributed by atoms with Gasteiger partial charge >= 0.3 is 5.97 Å². The van der Waals surface area contributed by atoms with Crippen molar-refractivity contribution in [1.29, 1.82) is 0 Å². The molecule has 34 heavy (non-hydrogen) atoms. The number of aromatic nitrogens is 2. The van der Waals surface area contributed by atoms with Gasteiger partial charge in [-0.1, -0.05) is 13.8 Å². The molecule has 0 radical (unpaired) electrons. The highest BCUT2D eigenvalue weighted by atomic mass is 32.1. The zero-order valence-corrected chi connectivity index (χ0v) is 20.3. The van der Waals surface area contributed by atoms with Crippen LogP contribution >= 0.6 is 11.3 Å². The lowest BCUT2D eigenvalue weighted by Crippen LogP contribution is -2.34. The van der Waals surface area contributed by atoms with E-state index in [2.05, 4.69) is 10.3 Å². The van der Waals surface area contributed by atoms with Crippen molar-refractivity contribution in [2.75, 3.05) is 11.9 Å². The highest BCUT2D eigenvalue weighted by molar-refractivity contribution is 7.20. The molecular formula is C24H25N3O6S. The number of amides is 1. The topological polar surface area (TPSA) is 117 Å². The smallest absolute Gasteiger partial charge is 0.348 e. The van der Waals surface area contributed by atoms with Gasteiger partial charge in [-0.25, -0.2) is 9.78 Å². The first kappa shape index (κ1) is 23.6. The number of esters is 1. The first-order valence-electron chi connectivity index (χ1n) is 10.9. The van der Waals surface area contributed by atoms with Crippen LogP contribution in [0.25, 0.3) is 10.2 Å². The summed E-state index contributed by atoms with van der Waals surface area (Å²) in [5.74, 6) is -0.456. The molecule has 10 heteroatoms. The molecule has 0 spiro atoms. The number of benzene rings is 1. The lowest BCUT2D eigenvalue weighted by Gasteiger charge is -2.24. The third kappa shape index (κ3) is 4.21. The number of anilines is 1. The zero-order chi connectivity index (χ0) is 24.7. The SMILES string of the molecule is Cc1c(C(=O)OCC(C)C)sc2ncn(C(C)C(=O)c3ccc4c(c3)NC(=O)C(C)O4)c(=O)c12. The molecular weight excluding hydrogens is 458 g/mol. The molecule has 2 unspecified atom stereocenters. The number of rotatable bonds is 6. The Balaban J connectivity index is 1.65. The molecule has 2 atom stereocenters. The molecule has 0 aliphatic carbocycles. The molecule has 0 bridgehead atoms. The second-order valence-electron chi connectivity index (χ2n) is 8.69. The molecule has 0 fully saturated rings. The minimum Gasteiger partial charge on any atom is -0.479 e. The number of ketones is 1. The van der Waals surface area contributed by atoms with E-state index in [1.54, 1.807) is 32.9 Å². The average molecular weight is 484 g/mol. The molecule has 1 aromatic carbocycles. The first-order chi connectivity index (χ1) is 16.1. The van der Waals surface area contributed by atoms with Crippen LogP contribution in [0.15, 0.2) is 29.3 Å². The van der Waals surface area contributed by atoms with Crippen LogP contribution < -0.4 is 15.6 Å². The molecule has 0 saturated heterocycles. The Labute approximate surface area is 199 Å². The third-order valence-corrected chi connectivity index (χ3v) is 6.78. The maximum atomic E-state index is 13.3. The zero-order valence-electron chi connectivity index (χ0n) is 19.5. The predicted octanol–water partition coefficient (Wildman–Crippen LogP) is 3.74. The van der Waals surface area contributed by atoms with Gasteiger partial charge in [0.15, 0.2) is 11.9 Å². The Morgan fingerprint density at radius 3 is 2.71 bits per heavy atom. The van der Waals surface area contributed by atoms with Crippen molar-refractivity contribution in [2.24, 2.45) is 5.92 Å². The summed E-state index contributed by atoms with van der Waals surface area (Å²) in [5, 5.41) is 3.01. The van der Waals surface area contributed by atoms with Crippen molar-refractivity contribution in [1.82, 2.24) is 9.55 Å². The van der Waals surface area contributed by atoms with E-state index < -0.39 is 23.7 Å². The van der Waals surface area contributed by atoms with Crippen LogP contribution in [0.4, 0.5) is 5.69 Å². The number of thiophene rings is 1. The first-order valence-corrected chi connectivity index (χ1v) is 11.7. The van der Waals surface area contributed by atoms with Gasteiger partial charge < -0.3 is 14.8 Å². The standard InChI is InChI=1S/C24H25N3O6S/c1-11(2)9-32-24(31)20-12(3)18-22(34-20)25-10-27(23(18)30)13(4)19(28)15-6-7-17-16(8-15)26-21(29)14(5)33-17/h6-8,10-11,13-14H,9H2,1-5H3,(H,26,29). The lowest BCUT2D eigenvalue weighted by molar-refractivity contribution is -0.122. The van der Waals surface area contributed by atoms with E-state index >= 15 is 0 Å². The summed E-state index contributed by atoms with van der Waals surface area (Å²) in [4.78, 5) is 56.0. The number of carbonyl (C=O) groups is 3. The Hall–Kier alpha value is -3.53. The van der Waals surface area contributed by atoms with Gasteiger partial charge in [-0.3, -0.25) is 19.0 Å². The number of fused-ring (bicyclic) bond motifs is 2. The fourth-order valence-electron chi connectivity index (χ4n) is 3.65. The summed E-state index contributed by atoms with van der Waals surface area (Å²) in [7, 11) is 0. The van der Waals surface area contributed by atoms with E-state index in [1.807, 2.05) is 13.8 Å². The number of ether oxygens (including phenoxy) is 2. The third-order valence-electron chi connectivity index (χ3n) is 5.60. The van der Waals surface area contributed by atoms with Gasteiger partial charge in [0.1, 0.15) is 15.5 Å². The molecule has 1 N–H and O–H groups in total. The quantitative estimate of drug-likeness (QED) is 0.419. The second-order valence-corrected chi connectivity index (χ2v) is 9.69. The molecule has 9 nitrogen and oxygen atoms in total. The van der Waals surface area contributed by atoms with Gasteiger partial charge in [-0.2, -0.15) is 0 Å². The van der Waals surface area contributed by atoms with Crippen LogP contribution in [-0.4, -0.2) is 39.9 Å². The maximum absolute atomic E-state index is 13.3. The summed E-state index contributed by atoms with van der Waals surface area (Å²) < 4.78 is 12.1. The van der Waals surface area contributed by atoms with E-state index in [1.165, 1.54) is 17.0 Å². The molecule has 4 rings (SSSR count). The molecule has 0 saturated carbocycles. The van der Waals surface area contributed by atoms with Crippen molar-refractivity contribution >= 4 is 44.9 Å². The fourth-order valence-corrected chi connectivity index (χ4v) is 4.68. The summed E-state index contributed by atoms with van der Waals surface area (Å²) in [5.41, 5.74) is 0.797. The summed E-state index contributed by atoms with van der Waals surface area (Å²) in [6, 6.07) is 3.89. The molecule has 3 heterocycles. The highest BCUT2D eigenvalue weighted by Crippen LogP contribution is 2.32. The average Bonchev–Trinajstić information content (AvgIpc) is 3.14. The van der Waals surface area contributed by atoms with Crippen LogP contribution in [0, 0.1) is 12.8 Å². The van der Waals surface area contributed by atoms with Crippen LogP contribution in [0.5, 0.6) is 5.75 Å². The number of carbonyl (C=O) groups excluding carboxylic acids is 3. The van der Waals surface area contributed by atoms with E-state index in [-0.39, 0.29) is 24.2 Å². The maximum Gasteiger partial charge on any atom is 0.348 e. The van der Waals surface area contributed by atoms with Crippen molar-refractivity contribution < 1.29 is 23.9 Å². The molecule has 1 amide bonds. The number of hydrogen-bond donors (Lipinski definition) is 1. The number of hydrogen-bond acceptors (Lipinski definition) is 8. The van der Waals surface area contributed by atoms with Gasteiger partial charge in [-0.05, 0) is 50.5 Å². The van der Waals surface area contributed by atoms with Crippen LogP contribution in [-0.2, 0) is 9.53 Å². The molecule has 1 aliphatic heterocycles. The minimum atomic E-state index is -0.864. The van der Waals surface area contributed by atoms with Gasteiger partial charge in [-0.15, -0.1) is 11.3 Å². The Morgan fingerprint density at radius 2 is 2.00 bits per heavy atom. The number of nitrogens with one attached hydrogen (secondary N) is 1.